The molecule has 0 saturated heterocycles. The van der Waals surface area contributed by atoms with E-state index in [1.807, 2.05) is 42.2 Å². The van der Waals surface area contributed by atoms with Gasteiger partial charge in [0.15, 0.2) is 0 Å². The van der Waals surface area contributed by atoms with Crippen molar-refractivity contribution in [2.45, 2.75) is 6.92 Å². The van der Waals surface area contributed by atoms with E-state index in [0.717, 1.165) is 22.7 Å². The zero-order valence-corrected chi connectivity index (χ0v) is 13.4. The Labute approximate surface area is 129 Å². The summed E-state index contributed by atoms with van der Waals surface area (Å²) in [5, 5.41) is 0.941. The van der Waals surface area contributed by atoms with Crippen molar-refractivity contribution in [3.8, 4) is 11.1 Å². The molecule has 1 aromatic carbocycles. The van der Waals surface area contributed by atoms with E-state index in [-0.39, 0.29) is 5.91 Å². The Morgan fingerprint density at radius 1 is 1.29 bits per heavy atom. The quantitative estimate of drug-likeness (QED) is 0.920. The number of hydrogen-bond acceptors (Lipinski definition) is 5. The van der Waals surface area contributed by atoms with Gasteiger partial charge in [-0.2, -0.15) is 4.37 Å². The molecule has 0 unspecified atom stereocenters. The molecule has 2 N–H and O–H groups in total. The van der Waals surface area contributed by atoms with Gasteiger partial charge in [0.2, 0.25) is 5.91 Å². The van der Waals surface area contributed by atoms with Crippen LogP contribution in [0.15, 0.2) is 30.3 Å². The maximum absolute atomic E-state index is 12.0. The minimum absolute atomic E-state index is 0.0582. The molecule has 0 aliphatic heterocycles. The normalized spacial score (nSPS) is 10.4. The molecule has 112 valence electrons. The van der Waals surface area contributed by atoms with Crippen LogP contribution < -0.4 is 10.6 Å². The van der Waals surface area contributed by atoms with Gasteiger partial charge < -0.3 is 15.5 Å². The number of likely N-dealkylation sites (N-methyl/N-ethyl adjacent to an activating group) is 2. The summed E-state index contributed by atoms with van der Waals surface area (Å²) in [6.07, 6.45) is 0. The van der Waals surface area contributed by atoms with Crippen LogP contribution in [0, 0.1) is 0 Å². The van der Waals surface area contributed by atoms with Gasteiger partial charge in [0.25, 0.3) is 0 Å². The largest absolute Gasteiger partial charge is 0.382 e. The van der Waals surface area contributed by atoms with Crippen molar-refractivity contribution in [1.82, 2.24) is 9.27 Å². The van der Waals surface area contributed by atoms with E-state index in [1.54, 1.807) is 19.0 Å². The summed E-state index contributed by atoms with van der Waals surface area (Å²) < 4.78 is 4.27. The second kappa shape index (κ2) is 6.58. The number of hydrogen-bond donors (Lipinski definition) is 1. The highest BCUT2D eigenvalue weighted by Gasteiger charge is 2.20. The Hall–Kier alpha value is -2.08. The summed E-state index contributed by atoms with van der Waals surface area (Å²) in [6, 6.07) is 9.91. The first-order valence-corrected chi connectivity index (χ1v) is 7.57. The van der Waals surface area contributed by atoms with E-state index in [0.29, 0.717) is 12.4 Å². The molecule has 0 radical (unpaired) electrons. The van der Waals surface area contributed by atoms with Crippen LogP contribution in [0.3, 0.4) is 0 Å². The van der Waals surface area contributed by atoms with Crippen molar-refractivity contribution in [2.24, 2.45) is 0 Å². The summed E-state index contributed by atoms with van der Waals surface area (Å²) in [5.41, 5.74) is 7.97. The van der Waals surface area contributed by atoms with Crippen molar-refractivity contribution < 1.29 is 4.79 Å². The first-order chi connectivity index (χ1) is 10.0. The lowest BCUT2D eigenvalue weighted by Crippen LogP contribution is -2.36. The molecular formula is C15H20N4OS. The summed E-state index contributed by atoms with van der Waals surface area (Å²) in [7, 11) is 3.52. The zero-order chi connectivity index (χ0) is 15.4. The third kappa shape index (κ3) is 3.33. The van der Waals surface area contributed by atoms with Crippen LogP contribution in [0.2, 0.25) is 0 Å². The molecule has 2 aromatic rings. The SMILES string of the molecule is CCN(CC(=O)N(C)C)c1snc(N)c1-c1ccccc1. The number of nitrogens with zero attached hydrogens (tertiary/aromatic N) is 3. The molecule has 0 aliphatic rings. The lowest BCUT2D eigenvalue weighted by atomic mass is 10.1. The maximum atomic E-state index is 12.0. The van der Waals surface area contributed by atoms with Crippen LogP contribution in [-0.2, 0) is 4.79 Å². The van der Waals surface area contributed by atoms with E-state index in [9.17, 15) is 4.79 Å². The molecule has 1 amide bonds. The molecule has 0 atom stereocenters. The standard InChI is InChI=1S/C15H20N4OS/c1-4-19(10-12(20)18(2)3)15-13(14(16)17-21-15)11-8-6-5-7-9-11/h5-9H,4,10H2,1-3H3,(H2,16,17). The van der Waals surface area contributed by atoms with E-state index < -0.39 is 0 Å². The number of nitrogens with two attached hydrogens (primary N) is 1. The van der Waals surface area contributed by atoms with Crippen LogP contribution in [-0.4, -0.2) is 42.4 Å². The second-order valence-corrected chi connectivity index (χ2v) is 5.67. The van der Waals surface area contributed by atoms with E-state index in [2.05, 4.69) is 4.37 Å². The molecular weight excluding hydrogens is 284 g/mol. The fourth-order valence-electron chi connectivity index (χ4n) is 2.02. The number of rotatable bonds is 5. The average molecular weight is 304 g/mol. The van der Waals surface area contributed by atoms with Crippen molar-refractivity contribution in [3.63, 3.8) is 0 Å². The number of carbonyl (C=O) groups is 1. The average Bonchev–Trinajstić information content (AvgIpc) is 2.86. The molecule has 0 spiro atoms. The van der Waals surface area contributed by atoms with Crippen LogP contribution in [0.1, 0.15) is 6.92 Å². The van der Waals surface area contributed by atoms with Gasteiger partial charge in [-0.15, -0.1) is 0 Å². The Morgan fingerprint density at radius 3 is 2.52 bits per heavy atom. The molecule has 6 heteroatoms. The Kier molecular flexibility index (Phi) is 4.80. The Balaban J connectivity index is 2.37. The molecule has 0 bridgehead atoms. The van der Waals surface area contributed by atoms with E-state index in [4.69, 9.17) is 5.73 Å². The number of nitrogen functional groups attached to an aromatic ring is 1. The molecule has 2 rings (SSSR count). The van der Waals surface area contributed by atoms with Gasteiger partial charge in [0.05, 0.1) is 12.1 Å². The lowest BCUT2D eigenvalue weighted by Gasteiger charge is -2.23. The second-order valence-electron chi connectivity index (χ2n) is 4.92. The fraction of sp³-hybridized carbons (Fsp3) is 0.333. The number of benzene rings is 1. The summed E-state index contributed by atoms with van der Waals surface area (Å²) in [4.78, 5) is 15.6. The van der Waals surface area contributed by atoms with Crippen LogP contribution >= 0.6 is 11.5 Å². The molecule has 0 saturated carbocycles. The molecule has 0 aliphatic carbocycles. The zero-order valence-electron chi connectivity index (χ0n) is 12.5. The summed E-state index contributed by atoms with van der Waals surface area (Å²) in [6.45, 7) is 3.07. The molecule has 1 aromatic heterocycles. The highest BCUT2D eigenvalue weighted by atomic mass is 32.1. The molecule has 0 fully saturated rings. The lowest BCUT2D eigenvalue weighted by molar-refractivity contribution is -0.127. The van der Waals surface area contributed by atoms with Crippen molar-refractivity contribution in [1.29, 1.82) is 0 Å². The van der Waals surface area contributed by atoms with Crippen LogP contribution in [0.25, 0.3) is 11.1 Å². The van der Waals surface area contributed by atoms with Crippen molar-refractivity contribution >= 4 is 28.3 Å². The molecule has 5 nitrogen and oxygen atoms in total. The Morgan fingerprint density at radius 2 is 1.95 bits per heavy atom. The minimum Gasteiger partial charge on any atom is -0.382 e. The van der Waals surface area contributed by atoms with Gasteiger partial charge >= 0.3 is 0 Å². The summed E-state index contributed by atoms with van der Waals surface area (Å²) in [5.74, 6) is 0.569. The summed E-state index contributed by atoms with van der Waals surface area (Å²) >= 11 is 1.34. The van der Waals surface area contributed by atoms with Gasteiger partial charge in [-0.05, 0) is 24.0 Å². The predicted octanol–water partition coefficient (Wildman–Crippen LogP) is 2.31. The highest BCUT2D eigenvalue weighted by molar-refractivity contribution is 7.11. The van der Waals surface area contributed by atoms with E-state index in [1.165, 1.54) is 11.5 Å². The third-order valence-electron chi connectivity index (χ3n) is 3.26. The third-order valence-corrected chi connectivity index (χ3v) is 4.18. The van der Waals surface area contributed by atoms with E-state index >= 15 is 0 Å². The topological polar surface area (TPSA) is 62.5 Å². The minimum atomic E-state index is 0.0582. The molecule has 1 heterocycles. The first kappa shape index (κ1) is 15.3. The van der Waals surface area contributed by atoms with Gasteiger partial charge in [-0.1, -0.05) is 30.3 Å². The fourth-order valence-corrected chi connectivity index (χ4v) is 2.92. The van der Waals surface area contributed by atoms with Crippen molar-refractivity contribution in [3.05, 3.63) is 30.3 Å². The molecule has 21 heavy (non-hydrogen) atoms. The van der Waals surface area contributed by atoms with Gasteiger partial charge in [0, 0.05) is 20.6 Å². The number of aromatic nitrogens is 1. The van der Waals surface area contributed by atoms with Gasteiger partial charge in [-0.3, -0.25) is 4.79 Å². The highest BCUT2D eigenvalue weighted by Crippen LogP contribution is 2.39. The first-order valence-electron chi connectivity index (χ1n) is 6.80. The predicted molar refractivity (Wildman–Crippen MR) is 88.5 cm³/mol. The number of amides is 1. The van der Waals surface area contributed by atoms with Gasteiger partial charge in [-0.25, -0.2) is 0 Å². The van der Waals surface area contributed by atoms with Crippen LogP contribution in [0.4, 0.5) is 10.8 Å². The van der Waals surface area contributed by atoms with Crippen LogP contribution in [0.5, 0.6) is 0 Å². The number of carbonyl (C=O) groups excluding carboxylic acids is 1. The smallest absolute Gasteiger partial charge is 0.241 e. The maximum Gasteiger partial charge on any atom is 0.241 e. The number of anilines is 2. The monoisotopic (exact) mass is 304 g/mol. The van der Waals surface area contributed by atoms with Crippen molar-refractivity contribution in [2.75, 3.05) is 37.8 Å². The Bertz CT molecular complexity index is 609. The van der Waals surface area contributed by atoms with Gasteiger partial charge in [0.1, 0.15) is 10.8 Å².